The number of fused-ring (bicyclic) bond motifs is 2. The van der Waals surface area contributed by atoms with Crippen LogP contribution in [0.15, 0.2) is 36.4 Å². The summed E-state index contributed by atoms with van der Waals surface area (Å²) >= 11 is 0. The van der Waals surface area contributed by atoms with Gasteiger partial charge >= 0.3 is 0 Å². The number of imidazole rings is 1. The van der Waals surface area contributed by atoms with Crippen LogP contribution in [0.4, 0.5) is 4.39 Å². The van der Waals surface area contributed by atoms with Crippen molar-refractivity contribution in [1.82, 2.24) is 9.55 Å². The minimum absolute atomic E-state index is 0.0324. The van der Waals surface area contributed by atoms with Crippen LogP contribution >= 0.6 is 0 Å². The lowest BCUT2D eigenvalue weighted by atomic mass is 10.2. The fraction of sp³-hybridized carbons (Fsp3) is 0.235. The van der Waals surface area contributed by atoms with Crippen molar-refractivity contribution >= 4 is 11.0 Å². The number of nitrogens with two attached hydrogens (primary N) is 1. The summed E-state index contributed by atoms with van der Waals surface area (Å²) in [4.78, 5) is 4.62. The van der Waals surface area contributed by atoms with Gasteiger partial charge in [-0.05, 0) is 19.1 Å². The first-order valence-electron chi connectivity index (χ1n) is 7.45. The van der Waals surface area contributed by atoms with E-state index in [0.717, 1.165) is 11.0 Å². The molecule has 6 heteroatoms. The maximum Gasteiger partial charge on any atom is 0.231 e. The number of rotatable bonds is 3. The number of aromatic nitrogens is 2. The van der Waals surface area contributed by atoms with Crippen LogP contribution in [0.5, 0.6) is 11.5 Å². The van der Waals surface area contributed by atoms with E-state index in [9.17, 15) is 4.39 Å². The topological polar surface area (TPSA) is 62.3 Å². The number of halogens is 1. The average Bonchev–Trinajstić information content (AvgIpc) is 3.15. The van der Waals surface area contributed by atoms with E-state index in [4.69, 9.17) is 15.2 Å². The fourth-order valence-electron chi connectivity index (χ4n) is 2.87. The smallest absolute Gasteiger partial charge is 0.231 e. The van der Waals surface area contributed by atoms with Crippen molar-refractivity contribution in [2.45, 2.75) is 13.0 Å². The number of ether oxygens (including phenoxy) is 2. The molecule has 1 aromatic heterocycles. The van der Waals surface area contributed by atoms with Gasteiger partial charge in [-0.2, -0.15) is 0 Å². The van der Waals surface area contributed by atoms with Crippen molar-refractivity contribution in [1.29, 1.82) is 0 Å². The van der Waals surface area contributed by atoms with Crippen molar-refractivity contribution in [2.24, 2.45) is 5.73 Å². The molecule has 1 unspecified atom stereocenters. The van der Waals surface area contributed by atoms with Crippen molar-refractivity contribution < 1.29 is 13.9 Å². The van der Waals surface area contributed by atoms with Gasteiger partial charge in [0.25, 0.3) is 0 Å². The first-order chi connectivity index (χ1) is 11.2. The van der Waals surface area contributed by atoms with Gasteiger partial charge in [0.2, 0.25) is 6.79 Å². The summed E-state index contributed by atoms with van der Waals surface area (Å²) in [5, 5.41) is 0. The Bertz CT molecular complexity index is 891. The Labute approximate surface area is 132 Å². The summed E-state index contributed by atoms with van der Waals surface area (Å²) in [5.41, 5.74) is 7.89. The second-order valence-corrected chi connectivity index (χ2v) is 5.56. The number of hydrogen-bond acceptors (Lipinski definition) is 4. The molecule has 2 N–H and O–H groups in total. The Morgan fingerprint density at radius 3 is 2.74 bits per heavy atom. The molecule has 2 heterocycles. The summed E-state index contributed by atoms with van der Waals surface area (Å²) in [6.07, 6.45) is 0. The van der Waals surface area contributed by atoms with Crippen LogP contribution in [-0.2, 0) is 0 Å². The van der Waals surface area contributed by atoms with Crippen LogP contribution in [0.1, 0.15) is 13.0 Å². The molecule has 2 aromatic carbocycles. The molecule has 23 heavy (non-hydrogen) atoms. The Hall–Kier alpha value is -2.60. The quantitative estimate of drug-likeness (QED) is 0.807. The maximum absolute atomic E-state index is 14.3. The first kappa shape index (κ1) is 14.0. The van der Waals surface area contributed by atoms with Crippen molar-refractivity contribution in [2.75, 3.05) is 13.3 Å². The van der Waals surface area contributed by atoms with Crippen molar-refractivity contribution in [3.8, 4) is 22.9 Å². The molecular weight excluding hydrogens is 297 g/mol. The molecule has 0 fully saturated rings. The molecule has 0 radical (unpaired) electrons. The zero-order chi connectivity index (χ0) is 16.0. The van der Waals surface area contributed by atoms with Crippen LogP contribution in [0, 0.1) is 5.82 Å². The van der Waals surface area contributed by atoms with Gasteiger partial charge in [0.15, 0.2) is 11.5 Å². The summed E-state index contributed by atoms with van der Waals surface area (Å²) in [7, 11) is 0. The average molecular weight is 313 g/mol. The molecule has 1 aliphatic rings. The predicted octanol–water partition coefficient (Wildman–Crippen LogP) is 3.09. The summed E-state index contributed by atoms with van der Waals surface area (Å²) in [6, 6.07) is 10.3. The lowest BCUT2D eigenvalue weighted by Crippen LogP contribution is -2.17. The maximum atomic E-state index is 14.3. The Balaban J connectivity index is 2.02. The molecule has 118 valence electrons. The fourth-order valence-corrected chi connectivity index (χ4v) is 2.87. The molecular formula is C17H16FN3O2. The van der Waals surface area contributed by atoms with Crippen LogP contribution in [0.2, 0.25) is 0 Å². The van der Waals surface area contributed by atoms with Crippen LogP contribution < -0.4 is 15.2 Å². The van der Waals surface area contributed by atoms with Gasteiger partial charge in [-0.15, -0.1) is 0 Å². The van der Waals surface area contributed by atoms with Gasteiger partial charge in [-0.3, -0.25) is 0 Å². The van der Waals surface area contributed by atoms with E-state index < -0.39 is 0 Å². The highest BCUT2D eigenvalue weighted by Gasteiger charge is 2.22. The van der Waals surface area contributed by atoms with E-state index in [-0.39, 0.29) is 18.7 Å². The third kappa shape index (κ3) is 2.14. The molecule has 5 nitrogen and oxygen atoms in total. The largest absolute Gasteiger partial charge is 0.454 e. The number of benzene rings is 2. The monoisotopic (exact) mass is 313 g/mol. The summed E-state index contributed by atoms with van der Waals surface area (Å²) in [5.74, 6) is 1.57. The number of nitrogens with zero attached hydrogens (tertiary/aromatic N) is 2. The minimum Gasteiger partial charge on any atom is -0.454 e. The normalized spacial score (nSPS) is 14.4. The molecule has 4 rings (SSSR count). The van der Waals surface area contributed by atoms with E-state index >= 15 is 0 Å². The van der Waals surface area contributed by atoms with E-state index in [1.165, 1.54) is 6.07 Å². The molecule has 0 saturated heterocycles. The van der Waals surface area contributed by atoms with Gasteiger partial charge < -0.3 is 19.8 Å². The molecule has 0 amide bonds. The highest BCUT2D eigenvalue weighted by molar-refractivity contribution is 5.84. The highest BCUT2D eigenvalue weighted by Crippen LogP contribution is 2.38. The van der Waals surface area contributed by atoms with Crippen LogP contribution in [0.25, 0.3) is 22.4 Å². The Kier molecular flexibility index (Phi) is 3.20. The summed E-state index contributed by atoms with van der Waals surface area (Å²) < 4.78 is 27.1. The van der Waals surface area contributed by atoms with Crippen molar-refractivity contribution in [3.05, 3.63) is 42.2 Å². The lowest BCUT2D eigenvalue weighted by Gasteiger charge is -2.16. The standard InChI is InChI=1S/C17H16FN3O2/c1-10(8-19)21-14-7-16-15(22-9-23-16)6-13(14)20-17(21)11-4-2-3-5-12(11)18/h2-7,10H,8-9,19H2,1H3. The molecule has 1 aliphatic heterocycles. The van der Waals surface area contributed by atoms with Gasteiger partial charge in [-0.1, -0.05) is 12.1 Å². The molecule has 1 atom stereocenters. The lowest BCUT2D eigenvalue weighted by molar-refractivity contribution is 0.174. The Morgan fingerprint density at radius 2 is 2.00 bits per heavy atom. The van der Waals surface area contributed by atoms with Gasteiger partial charge in [0, 0.05) is 24.7 Å². The second-order valence-electron chi connectivity index (χ2n) is 5.56. The van der Waals surface area contributed by atoms with Gasteiger partial charge in [0.1, 0.15) is 11.6 Å². The molecule has 0 saturated carbocycles. The van der Waals surface area contributed by atoms with E-state index in [0.29, 0.717) is 29.4 Å². The van der Waals surface area contributed by atoms with Gasteiger partial charge in [0.05, 0.1) is 16.6 Å². The van der Waals surface area contributed by atoms with E-state index in [1.807, 2.05) is 23.6 Å². The molecule has 0 bridgehead atoms. The van der Waals surface area contributed by atoms with Gasteiger partial charge in [-0.25, -0.2) is 9.37 Å². The predicted molar refractivity (Wildman–Crippen MR) is 85.0 cm³/mol. The zero-order valence-electron chi connectivity index (χ0n) is 12.6. The summed E-state index contributed by atoms with van der Waals surface area (Å²) in [6.45, 7) is 2.60. The highest BCUT2D eigenvalue weighted by atomic mass is 19.1. The van der Waals surface area contributed by atoms with Crippen molar-refractivity contribution in [3.63, 3.8) is 0 Å². The van der Waals surface area contributed by atoms with Crippen LogP contribution in [-0.4, -0.2) is 22.9 Å². The molecule has 0 spiro atoms. The van der Waals surface area contributed by atoms with E-state index in [1.54, 1.807) is 18.2 Å². The zero-order valence-corrected chi connectivity index (χ0v) is 12.6. The minimum atomic E-state index is -0.312. The molecule has 3 aromatic rings. The first-order valence-corrected chi connectivity index (χ1v) is 7.45. The third-order valence-corrected chi connectivity index (χ3v) is 4.08. The molecule has 0 aliphatic carbocycles. The van der Waals surface area contributed by atoms with Crippen LogP contribution in [0.3, 0.4) is 0 Å². The van der Waals surface area contributed by atoms with E-state index in [2.05, 4.69) is 4.98 Å². The second kappa shape index (κ2) is 5.24. The SMILES string of the molecule is CC(CN)n1c(-c2ccccc2F)nc2cc3c(cc21)OCO3. The number of hydrogen-bond donors (Lipinski definition) is 1. The Morgan fingerprint density at radius 1 is 1.26 bits per heavy atom. The third-order valence-electron chi connectivity index (χ3n) is 4.08.